The lowest BCUT2D eigenvalue weighted by atomic mass is 10.0. The van der Waals surface area contributed by atoms with Gasteiger partial charge in [-0.1, -0.05) is 44.5 Å². The normalized spacial score (nSPS) is 16.6. The predicted molar refractivity (Wildman–Crippen MR) is 101 cm³/mol. The number of aliphatic hydroxyl groups excluding tert-OH is 1. The third-order valence-corrected chi connectivity index (χ3v) is 4.96. The lowest BCUT2D eigenvalue weighted by molar-refractivity contribution is 0.217. The van der Waals surface area contributed by atoms with Crippen LogP contribution in [-0.4, -0.2) is 41.8 Å². The number of likely N-dealkylation sites (tertiary alicyclic amines) is 1. The molecule has 1 fully saturated rings. The van der Waals surface area contributed by atoms with E-state index in [0.29, 0.717) is 18.9 Å². The number of rotatable bonds is 8. The highest BCUT2D eigenvalue weighted by Crippen LogP contribution is 2.16. The van der Waals surface area contributed by atoms with E-state index >= 15 is 0 Å². The number of benzene rings is 1. The summed E-state index contributed by atoms with van der Waals surface area (Å²) in [4.78, 5) is 14.7. The van der Waals surface area contributed by atoms with E-state index in [1.807, 2.05) is 6.07 Å². The predicted octanol–water partition coefficient (Wildman–Crippen LogP) is 2.88. The maximum Gasteiger partial charge on any atom is 0.315 e. The van der Waals surface area contributed by atoms with Crippen molar-refractivity contribution in [2.75, 3.05) is 19.7 Å². The zero-order valence-corrected chi connectivity index (χ0v) is 15.6. The van der Waals surface area contributed by atoms with Crippen molar-refractivity contribution < 1.29 is 9.90 Å². The Balaban J connectivity index is 1.88. The fraction of sp³-hybridized carbons (Fsp3) is 0.650. The average Bonchev–Trinajstić information content (AvgIpc) is 2.61. The van der Waals surface area contributed by atoms with Gasteiger partial charge in [0, 0.05) is 25.7 Å². The van der Waals surface area contributed by atoms with Crippen LogP contribution in [0.15, 0.2) is 24.3 Å². The Bertz CT molecular complexity index is 527. The third-order valence-electron chi connectivity index (χ3n) is 4.96. The summed E-state index contributed by atoms with van der Waals surface area (Å²) < 4.78 is 0. The lowest BCUT2D eigenvalue weighted by Gasteiger charge is -2.27. The molecule has 2 amide bonds. The average molecular weight is 348 g/mol. The zero-order valence-electron chi connectivity index (χ0n) is 15.6. The van der Waals surface area contributed by atoms with E-state index in [1.165, 1.54) is 43.5 Å². The molecule has 3 N–H and O–H groups in total. The first kappa shape index (κ1) is 19.7. The molecular weight excluding hydrogens is 314 g/mol. The van der Waals surface area contributed by atoms with Gasteiger partial charge in [-0.2, -0.15) is 0 Å². The largest absolute Gasteiger partial charge is 0.396 e. The molecule has 1 heterocycles. The van der Waals surface area contributed by atoms with E-state index in [-0.39, 0.29) is 18.7 Å². The number of hydrogen-bond acceptors (Lipinski definition) is 3. The van der Waals surface area contributed by atoms with E-state index in [9.17, 15) is 4.79 Å². The molecule has 0 bridgehead atoms. The van der Waals surface area contributed by atoms with Gasteiger partial charge in [0.05, 0.1) is 0 Å². The van der Waals surface area contributed by atoms with Gasteiger partial charge in [0.2, 0.25) is 0 Å². The number of carbonyl (C=O) groups is 1. The molecule has 1 aromatic carbocycles. The Labute approximate surface area is 151 Å². The van der Waals surface area contributed by atoms with Gasteiger partial charge in [-0.3, -0.25) is 4.90 Å². The number of hydrogen-bond donors (Lipinski definition) is 3. The van der Waals surface area contributed by atoms with Crippen molar-refractivity contribution in [3.05, 3.63) is 35.4 Å². The van der Waals surface area contributed by atoms with Gasteiger partial charge in [0.15, 0.2) is 0 Å². The van der Waals surface area contributed by atoms with Crippen molar-refractivity contribution in [2.24, 2.45) is 5.92 Å². The summed E-state index contributed by atoms with van der Waals surface area (Å²) in [7, 11) is 0. The molecule has 1 saturated heterocycles. The fourth-order valence-corrected chi connectivity index (χ4v) is 3.35. The van der Waals surface area contributed by atoms with Gasteiger partial charge in [-0.25, -0.2) is 4.79 Å². The highest BCUT2D eigenvalue weighted by Gasteiger charge is 2.16. The molecule has 5 heteroatoms. The first-order chi connectivity index (χ1) is 12.1. The molecule has 0 radical (unpaired) electrons. The second-order valence-corrected chi connectivity index (χ2v) is 7.30. The van der Waals surface area contributed by atoms with Crippen LogP contribution in [0.5, 0.6) is 0 Å². The molecule has 0 spiro atoms. The topological polar surface area (TPSA) is 64.6 Å². The molecule has 25 heavy (non-hydrogen) atoms. The van der Waals surface area contributed by atoms with Crippen LogP contribution in [-0.2, 0) is 13.1 Å². The molecule has 1 aliphatic heterocycles. The Morgan fingerprint density at radius 1 is 1.16 bits per heavy atom. The maximum atomic E-state index is 12.2. The van der Waals surface area contributed by atoms with Crippen LogP contribution in [0.25, 0.3) is 0 Å². The lowest BCUT2D eigenvalue weighted by Crippen LogP contribution is -2.44. The van der Waals surface area contributed by atoms with Crippen LogP contribution in [0.2, 0.25) is 0 Å². The molecule has 2 rings (SSSR count). The Hall–Kier alpha value is -1.59. The van der Waals surface area contributed by atoms with Crippen molar-refractivity contribution in [1.29, 1.82) is 0 Å². The van der Waals surface area contributed by atoms with Gasteiger partial charge in [-0.15, -0.1) is 0 Å². The van der Waals surface area contributed by atoms with Gasteiger partial charge in [0.25, 0.3) is 0 Å². The maximum absolute atomic E-state index is 12.2. The number of nitrogens with zero attached hydrogens (tertiary/aromatic N) is 1. The van der Waals surface area contributed by atoms with Crippen LogP contribution in [0.1, 0.15) is 50.7 Å². The summed E-state index contributed by atoms with van der Waals surface area (Å²) in [6, 6.07) is 8.17. The third kappa shape index (κ3) is 6.67. The SMILES string of the molecule is CC(C)C(CCO)NC(=O)NCc1ccccc1CN1CCCCC1. The Morgan fingerprint density at radius 2 is 1.84 bits per heavy atom. The van der Waals surface area contributed by atoms with Gasteiger partial charge < -0.3 is 15.7 Å². The molecule has 0 saturated carbocycles. The standard InChI is InChI=1S/C20H33N3O2/c1-16(2)19(10-13-24)22-20(25)21-14-17-8-4-5-9-18(17)15-23-11-6-3-7-12-23/h4-5,8-9,16,19,24H,3,6-7,10-15H2,1-2H3,(H2,21,22,25). The molecule has 140 valence electrons. The van der Waals surface area contributed by atoms with Crippen LogP contribution >= 0.6 is 0 Å². The van der Waals surface area contributed by atoms with Gasteiger partial charge >= 0.3 is 6.03 Å². The fourth-order valence-electron chi connectivity index (χ4n) is 3.35. The number of amides is 2. The van der Waals surface area contributed by atoms with Crippen molar-refractivity contribution in [3.8, 4) is 0 Å². The summed E-state index contributed by atoms with van der Waals surface area (Å²) in [5.74, 6) is 0.296. The van der Waals surface area contributed by atoms with Crippen molar-refractivity contribution >= 4 is 6.03 Å². The summed E-state index contributed by atoms with van der Waals surface area (Å²) in [6.45, 7) is 8.00. The highest BCUT2D eigenvalue weighted by atomic mass is 16.3. The van der Waals surface area contributed by atoms with E-state index < -0.39 is 0 Å². The number of aliphatic hydroxyl groups is 1. The summed E-state index contributed by atoms with van der Waals surface area (Å²) in [6.07, 6.45) is 4.48. The Kier molecular flexibility index (Phi) is 8.22. The molecule has 0 aliphatic carbocycles. The molecule has 1 unspecified atom stereocenters. The zero-order chi connectivity index (χ0) is 18.1. The molecule has 1 aromatic rings. The molecular formula is C20H33N3O2. The second-order valence-electron chi connectivity index (χ2n) is 7.30. The van der Waals surface area contributed by atoms with E-state index in [1.54, 1.807) is 0 Å². The second kappa shape index (κ2) is 10.4. The number of carbonyl (C=O) groups excluding carboxylic acids is 1. The van der Waals surface area contributed by atoms with E-state index in [2.05, 4.69) is 47.6 Å². The Morgan fingerprint density at radius 3 is 2.48 bits per heavy atom. The van der Waals surface area contributed by atoms with Crippen LogP contribution in [0, 0.1) is 5.92 Å². The van der Waals surface area contributed by atoms with Gasteiger partial charge in [0.1, 0.15) is 0 Å². The summed E-state index contributed by atoms with van der Waals surface area (Å²) >= 11 is 0. The minimum absolute atomic E-state index is 0.00593. The molecule has 1 atom stereocenters. The number of piperidine rings is 1. The monoisotopic (exact) mass is 347 g/mol. The molecule has 0 aromatic heterocycles. The first-order valence-corrected chi connectivity index (χ1v) is 9.54. The van der Waals surface area contributed by atoms with E-state index in [0.717, 1.165) is 6.54 Å². The quantitative estimate of drug-likeness (QED) is 0.677. The molecule has 5 nitrogen and oxygen atoms in total. The summed E-state index contributed by atoms with van der Waals surface area (Å²) in [5, 5.41) is 15.1. The first-order valence-electron chi connectivity index (χ1n) is 9.54. The van der Waals surface area contributed by atoms with Crippen molar-refractivity contribution in [3.63, 3.8) is 0 Å². The highest BCUT2D eigenvalue weighted by molar-refractivity contribution is 5.74. The number of urea groups is 1. The van der Waals surface area contributed by atoms with Crippen LogP contribution in [0.3, 0.4) is 0 Å². The minimum Gasteiger partial charge on any atom is -0.396 e. The van der Waals surface area contributed by atoms with Gasteiger partial charge in [-0.05, 0) is 49.4 Å². The van der Waals surface area contributed by atoms with Crippen molar-refractivity contribution in [1.82, 2.24) is 15.5 Å². The van der Waals surface area contributed by atoms with Crippen molar-refractivity contribution in [2.45, 2.75) is 58.7 Å². The molecule has 1 aliphatic rings. The minimum atomic E-state index is -0.167. The van der Waals surface area contributed by atoms with E-state index in [4.69, 9.17) is 5.11 Å². The smallest absolute Gasteiger partial charge is 0.315 e. The summed E-state index contributed by atoms with van der Waals surface area (Å²) in [5.41, 5.74) is 2.46. The van der Waals surface area contributed by atoms with Crippen LogP contribution in [0.4, 0.5) is 4.79 Å². The number of nitrogens with one attached hydrogen (secondary N) is 2. The van der Waals surface area contributed by atoms with Crippen LogP contribution < -0.4 is 10.6 Å².